The molecule has 0 heteroatoms. The largest absolute Gasteiger partial charge is 0.0836 e. The van der Waals surface area contributed by atoms with Crippen LogP contribution < -0.4 is 0 Å². The maximum absolute atomic E-state index is 2.39. The summed E-state index contributed by atoms with van der Waals surface area (Å²) in [5, 5.41) is 0. The van der Waals surface area contributed by atoms with Crippen molar-refractivity contribution >= 4 is 6.08 Å². The van der Waals surface area contributed by atoms with Crippen LogP contribution in [0.3, 0.4) is 0 Å². The van der Waals surface area contributed by atoms with E-state index < -0.39 is 0 Å². The Morgan fingerprint density at radius 1 is 1.15 bits per heavy atom. The number of aryl methyl sites for hydroxylation is 1. The number of benzene rings is 1. The standard InChI is InChI=1S/C13H14/c1-2-4-12-9-13(11-5-6-11)8-7-10(12)3-1/h2,4,7-9,11H,1,3,5-6H2. The molecule has 0 saturated heterocycles. The molecule has 0 heterocycles. The predicted octanol–water partition coefficient (Wildman–Crippen LogP) is 3.52. The molecule has 2 aliphatic carbocycles. The average molecular weight is 170 g/mol. The van der Waals surface area contributed by atoms with Gasteiger partial charge in [0.05, 0.1) is 0 Å². The summed E-state index contributed by atoms with van der Waals surface area (Å²) in [7, 11) is 0. The molecular weight excluding hydrogens is 156 g/mol. The van der Waals surface area contributed by atoms with Crippen molar-refractivity contribution in [3.05, 3.63) is 41.0 Å². The molecule has 0 atom stereocenters. The van der Waals surface area contributed by atoms with Crippen LogP contribution in [0.4, 0.5) is 0 Å². The number of fused-ring (bicyclic) bond motifs is 1. The van der Waals surface area contributed by atoms with Crippen LogP contribution in [0.2, 0.25) is 0 Å². The highest BCUT2D eigenvalue weighted by Gasteiger charge is 2.23. The van der Waals surface area contributed by atoms with Crippen molar-refractivity contribution in [2.75, 3.05) is 0 Å². The molecular formula is C13H14. The lowest BCUT2D eigenvalue weighted by Gasteiger charge is -2.11. The van der Waals surface area contributed by atoms with Gasteiger partial charge in [0, 0.05) is 0 Å². The van der Waals surface area contributed by atoms with Crippen molar-refractivity contribution < 1.29 is 0 Å². The molecule has 0 N–H and O–H groups in total. The van der Waals surface area contributed by atoms with Crippen LogP contribution in [0.5, 0.6) is 0 Å². The normalized spacial score (nSPS) is 20.0. The molecule has 0 radical (unpaired) electrons. The van der Waals surface area contributed by atoms with Gasteiger partial charge in [-0.2, -0.15) is 0 Å². The zero-order valence-corrected chi connectivity index (χ0v) is 7.79. The zero-order valence-electron chi connectivity index (χ0n) is 7.79. The first-order chi connectivity index (χ1) is 6.43. The smallest absolute Gasteiger partial charge is 0.0161 e. The van der Waals surface area contributed by atoms with Crippen molar-refractivity contribution in [3.8, 4) is 0 Å². The van der Waals surface area contributed by atoms with E-state index in [0.717, 1.165) is 5.92 Å². The van der Waals surface area contributed by atoms with E-state index in [1.165, 1.54) is 36.8 Å². The van der Waals surface area contributed by atoms with Crippen LogP contribution in [0.15, 0.2) is 24.3 Å². The van der Waals surface area contributed by atoms with Gasteiger partial charge < -0.3 is 0 Å². The van der Waals surface area contributed by atoms with Crippen molar-refractivity contribution in [2.45, 2.75) is 31.6 Å². The van der Waals surface area contributed by atoms with Gasteiger partial charge in [0.2, 0.25) is 0 Å². The molecule has 13 heavy (non-hydrogen) atoms. The van der Waals surface area contributed by atoms with E-state index >= 15 is 0 Å². The third-order valence-corrected chi connectivity index (χ3v) is 3.10. The van der Waals surface area contributed by atoms with Crippen LogP contribution in [0.1, 0.15) is 41.9 Å². The lowest BCUT2D eigenvalue weighted by molar-refractivity contribution is 0.978. The first-order valence-corrected chi connectivity index (χ1v) is 5.23. The van der Waals surface area contributed by atoms with Gasteiger partial charge in [0.25, 0.3) is 0 Å². The Kier molecular flexibility index (Phi) is 1.55. The summed E-state index contributed by atoms with van der Waals surface area (Å²) >= 11 is 0. The Balaban J connectivity index is 2.05. The molecule has 2 aliphatic rings. The van der Waals surface area contributed by atoms with Crippen LogP contribution in [-0.2, 0) is 6.42 Å². The van der Waals surface area contributed by atoms with Gasteiger partial charge in [0.1, 0.15) is 0 Å². The first kappa shape index (κ1) is 7.37. The van der Waals surface area contributed by atoms with Crippen LogP contribution in [0.25, 0.3) is 6.08 Å². The molecule has 1 fully saturated rings. The van der Waals surface area contributed by atoms with E-state index in [-0.39, 0.29) is 0 Å². The minimum Gasteiger partial charge on any atom is -0.0836 e. The fourth-order valence-corrected chi connectivity index (χ4v) is 2.12. The lowest BCUT2D eigenvalue weighted by atomic mass is 9.94. The SMILES string of the molecule is C1=Cc2cc(C3CC3)ccc2CC1. The van der Waals surface area contributed by atoms with Gasteiger partial charge in [0.15, 0.2) is 0 Å². The summed E-state index contributed by atoms with van der Waals surface area (Å²) < 4.78 is 0. The second-order valence-corrected chi connectivity index (χ2v) is 4.17. The Morgan fingerprint density at radius 2 is 2.08 bits per heavy atom. The molecule has 0 unspecified atom stereocenters. The maximum atomic E-state index is 2.39. The highest BCUT2D eigenvalue weighted by Crippen LogP contribution is 2.41. The number of rotatable bonds is 1. The monoisotopic (exact) mass is 170 g/mol. The van der Waals surface area contributed by atoms with Gasteiger partial charge in [-0.3, -0.25) is 0 Å². The molecule has 0 bridgehead atoms. The average Bonchev–Trinajstić information content (AvgIpc) is 3.00. The first-order valence-electron chi connectivity index (χ1n) is 5.23. The summed E-state index contributed by atoms with van der Waals surface area (Å²) in [6.45, 7) is 0. The van der Waals surface area contributed by atoms with E-state index in [1.54, 1.807) is 5.56 Å². The Hall–Kier alpha value is -1.04. The lowest BCUT2D eigenvalue weighted by Crippen LogP contribution is -1.94. The fourth-order valence-electron chi connectivity index (χ4n) is 2.12. The topological polar surface area (TPSA) is 0 Å². The van der Waals surface area contributed by atoms with Crippen LogP contribution >= 0.6 is 0 Å². The predicted molar refractivity (Wildman–Crippen MR) is 55.8 cm³/mol. The second kappa shape index (κ2) is 2.73. The van der Waals surface area contributed by atoms with E-state index in [9.17, 15) is 0 Å². The highest BCUT2D eigenvalue weighted by atomic mass is 14.3. The van der Waals surface area contributed by atoms with Crippen LogP contribution in [0, 0.1) is 0 Å². The molecule has 0 aromatic heterocycles. The molecule has 1 aromatic rings. The van der Waals surface area contributed by atoms with Gasteiger partial charge in [-0.25, -0.2) is 0 Å². The Bertz CT molecular complexity index is 356. The summed E-state index contributed by atoms with van der Waals surface area (Å²) in [5.74, 6) is 0.889. The van der Waals surface area contributed by atoms with Gasteiger partial charge in [-0.1, -0.05) is 30.4 Å². The van der Waals surface area contributed by atoms with E-state index in [4.69, 9.17) is 0 Å². The number of allylic oxidation sites excluding steroid dienone is 1. The summed E-state index contributed by atoms with van der Waals surface area (Å²) in [5.41, 5.74) is 4.56. The molecule has 3 rings (SSSR count). The summed E-state index contributed by atoms with van der Waals surface area (Å²) in [6, 6.07) is 7.05. The van der Waals surface area contributed by atoms with Crippen molar-refractivity contribution in [2.24, 2.45) is 0 Å². The fraction of sp³-hybridized carbons (Fsp3) is 0.385. The second-order valence-electron chi connectivity index (χ2n) is 4.17. The third kappa shape index (κ3) is 1.31. The minimum atomic E-state index is 0.889. The van der Waals surface area contributed by atoms with E-state index in [1.807, 2.05) is 0 Å². The Morgan fingerprint density at radius 3 is 2.92 bits per heavy atom. The quantitative estimate of drug-likeness (QED) is 0.605. The zero-order chi connectivity index (χ0) is 8.67. The van der Waals surface area contributed by atoms with Crippen molar-refractivity contribution in [1.82, 2.24) is 0 Å². The molecule has 0 spiro atoms. The van der Waals surface area contributed by atoms with Gasteiger partial charge >= 0.3 is 0 Å². The van der Waals surface area contributed by atoms with Crippen LogP contribution in [-0.4, -0.2) is 0 Å². The van der Waals surface area contributed by atoms with Crippen molar-refractivity contribution in [3.63, 3.8) is 0 Å². The van der Waals surface area contributed by atoms with Gasteiger partial charge in [-0.05, 0) is 48.3 Å². The molecule has 0 aliphatic heterocycles. The molecule has 1 saturated carbocycles. The maximum Gasteiger partial charge on any atom is -0.0161 e. The minimum absolute atomic E-state index is 0.889. The third-order valence-electron chi connectivity index (χ3n) is 3.10. The molecule has 66 valence electrons. The number of hydrogen-bond donors (Lipinski definition) is 0. The van der Waals surface area contributed by atoms with Gasteiger partial charge in [-0.15, -0.1) is 0 Å². The summed E-state index contributed by atoms with van der Waals surface area (Å²) in [4.78, 5) is 0. The van der Waals surface area contributed by atoms with E-state index in [0.29, 0.717) is 0 Å². The van der Waals surface area contributed by atoms with Crippen molar-refractivity contribution in [1.29, 1.82) is 0 Å². The van der Waals surface area contributed by atoms with E-state index in [2.05, 4.69) is 30.4 Å². The number of hydrogen-bond acceptors (Lipinski definition) is 0. The molecule has 0 amide bonds. The molecule has 0 nitrogen and oxygen atoms in total. The summed E-state index contributed by atoms with van der Waals surface area (Å²) in [6.07, 6.45) is 9.83. The Labute approximate surface area is 79.3 Å². The molecule has 1 aromatic carbocycles. The highest BCUT2D eigenvalue weighted by molar-refractivity contribution is 5.57.